The minimum atomic E-state index is -3.63. The molecule has 0 atom stereocenters. The molecule has 31 heavy (non-hydrogen) atoms. The Hall–Kier alpha value is -2.39. The molecule has 1 aliphatic rings. The molecule has 0 unspecified atom stereocenters. The highest BCUT2D eigenvalue weighted by Crippen LogP contribution is 2.23. The highest BCUT2D eigenvalue weighted by molar-refractivity contribution is 7.89. The van der Waals surface area contributed by atoms with E-state index in [2.05, 4.69) is 14.9 Å². The smallest absolute Gasteiger partial charge is 0.244 e. The molecule has 2 heterocycles. The quantitative estimate of drug-likeness (QED) is 0.604. The number of carbonyl (C=O) groups is 1. The average molecular weight is 449 g/mol. The molecule has 0 spiro atoms. The van der Waals surface area contributed by atoms with Crippen LogP contribution >= 0.6 is 0 Å². The van der Waals surface area contributed by atoms with Crippen molar-refractivity contribution < 1.29 is 17.9 Å². The van der Waals surface area contributed by atoms with Gasteiger partial charge in [0.1, 0.15) is 10.6 Å². The summed E-state index contributed by atoms with van der Waals surface area (Å²) in [6.07, 6.45) is 2.27. The number of hydrogen-bond donors (Lipinski definition) is 2. The van der Waals surface area contributed by atoms with Crippen molar-refractivity contribution in [3.8, 4) is 5.75 Å². The van der Waals surface area contributed by atoms with E-state index >= 15 is 0 Å². The van der Waals surface area contributed by atoms with Crippen LogP contribution in [0.5, 0.6) is 5.75 Å². The maximum atomic E-state index is 12.7. The lowest BCUT2D eigenvalue weighted by molar-refractivity contribution is -0.132. The molecular weight excluding hydrogens is 416 g/mol. The van der Waals surface area contributed by atoms with Crippen molar-refractivity contribution in [3.63, 3.8) is 0 Å². The van der Waals surface area contributed by atoms with Crippen LogP contribution in [0.4, 0.5) is 0 Å². The number of piperidine rings is 1. The first-order chi connectivity index (χ1) is 14.7. The van der Waals surface area contributed by atoms with Gasteiger partial charge in [-0.05, 0) is 58.1 Å². The Bertz CT molecular complexity index is 984. The normalized spacial score (nSPS) is 15.3. The Balaban J connectivity index is 1.43. The first-order valence-corrected chi connectivity index (χ1v) is 12.2. The molecule has 0 bridgehead atoms. The average Bonchev–Trinajstić information content (AvgIpc) is 3.06. The van der Waals surface area contributed by atoms with Gasteiger partial charge in [0.15, 0.2) is 0 Å². The monoisotopic (exact) mass is 448 g/mol. The number of para-hydroxylation sites is 1. The van der Waals surface area contributed by atoms with Gasteiger partial charge in [-0.15, -0.1) is 0 Å². The molecule has 3 rings (SSSR count). The molecule has 1 aromatic heterocycles. The number of aromatic nitrogens is 2. The van der Waals surface area contributed by atoms with E-state index in [-0.39, 0.29) is 16.8 Å². The molecule has 170 valence electrons. The number of nitrogens with one attached hydrogen (secondary N) is 2. The lowest BCUT2D eigenvalue weighted by Gasteiger charge is -2.32. The van der Waals surface area contributed by atoms with Gasteiger partial charge in [0.05, 0.1) is 18.0 Å². The maximum Gasteiger partial charge on any atom is 0.244 e. The van der Waals surface area contributed by atoms with Crippen molar-refractivity contribution >= 4 is 15.9 Å². The first-order valence-electron chi connectivity index (χ1n) is 10.7. The highest BCUT2D eigenvalue weighted by atomic mass is 32.2. The van der Waals surface area contributed by atoms with Gasteiger partial charge in [0.25, 0.3) is 0 Å². The zero-order chi connectivity index (χ0) is 22.6. The number of hydrogen-bond acceptors (Lipinski definition) is 5. The second kappa shape index (κ2) is 9.82. The topological polar surface area (TPSA) is 104 Å². The molecule has 8 nitrogen and oxygen atoms in total. The number of rotatable bonds is 8. The molecule has 1 amide bonds. The van der Waals surface area contributed by atoms with E-state index in [0.717, 1.165) is 16.9 Å². The van der Waals surface area contributed by atoms with E-state index in [1.54, 1.807) is 13.8 Å². The summed E-state index contributed by atoms with van der Waals surface area (Å²) in [5.41, 5.74) is 3.18. The minimum absolute atomic E-state index is 0.0907. The van der Waals surface area contributed by atoms with Crippen molar-refractivity contribution in [1.29, 1.82) is 0 Å². The van der Waals surface area contributed by atoms with E-state index in [1.807, 2.05) is 36.9 Å². The molecular formula is C22H32N4O4S. The molecule has 1 fully saturated rings. The van der Waals surface area contributed by atoms with Crippen LogP contribution in [0, 0.1) is 27.7 Å². The van der Waals surface area contributed by atoms with Gasteiger partial charge >= 0.3 is 0 Å². The number of benzene rings is 1. The van der Waals surface area contributed by atoms with Gasteiger partial charge in [-0.25, -0.2) is 13.1 Å². The number of sulfonamides is 1. The molecule has 1 aromatic carbocycles. The summed E-state index contributed by atoms with van der Waals surface area (Å²) in [5, 5.41) is 6.68. The lowest BCUT2D eigenvalue weighted by atomic mass is 10.1. The van der Waals surface area contributed by atoms with Gasteiger partial charge in [-0.3, -0.25) is 9.89 Å². The lowest BCUT2D eigenvalue weighted by Crippen LogP contribution is -2.46. The van der Waals surface area contributed by atoms with E-state index in [0.29, 0.717) is 56.8 Å². The summed E-state index contributed by atoms with van der Waals surface area (Å²) < 4.78 is 34.0. The molecule has 1 saturated heterocycles. The minimum Gasteiger partial charge on any atom is -0.493 e. The van der Waals surface area contributed by atoms with Gasteiger partial charge in [-0.1, -0.05) is 18.2 Å². The zero-order valence-corrected chi connectivity index (χ0v) is 19.5. The molecule has 0 saturated carbocycles. The fraction of sp³-hybridized carbons (Fsp3) is 0.545. The number of ether oxygens (including phenoxy) is 1. The highest BCUT2D eigenvalue weighted by Gasteiger charge is 2.29. The molecule has 2 aromatic rings. The maximum absolute atomic E-state index is 12.7. The predicted octanol–water partition coefficient (Wildman–Crippen LogP) is 2.77. The third-order valence-electron chi connectivity index (χ3n) is 5.69. The van der Waals surface area contributed by atoms with Crippen LogP contribution in [0.25, 0.3) is 0 Å². The SMILES string of the molecule is Cc1cccc(C)c1OCCCC(=O)N1CCC(NS(=O)(=O)c2c(C)n[nH]c2C)CC1. The molecule has 1 aliphatic heterocycles. The predicted molar refractivity (Wildman–Crippen MR) is 119 cm³/mol. The summed E-state index contributed by atoms with van der Waals surface area (Å²) >= 11 is 0. The number of likely N-dealkylation sites (tertiary alicyclic amines) is 1. The zero-order valence-electron chi connectivity index (χ0n) is 18.7. The molecule has 0 aliphatic carbocycles. The van der Waals surface area contributed by atoms with E-state index in [1.165, 1.54) is 0 Å². The fourth-order valence-corrected chi connectivity index (χ4v) is 5.72. The molecule has 2 N–H and O–H groups in total. The number of H-pyrrole nitrogens is 1. The van der Waals surface area contributed by atoms with Crippen molar-refractivity contribution in [1.82, 2.24) is 19.8 Å². The Morgan fingerprint density at radius 3 is 2.42 bits per heavy atom. The molecule has 9 heteroatoms. The third-order valence-corrected chi connectivity index (χ3v) is 7.47. The first kappa shape index (κ1) is 23.3. The second-order valence-corrected chi connectivity index (χ2v) is 9.86. The van der Waals surface area contributed by atoms with Crippen LogP contribution < -0.4 is 9.46 Å². The van der Waals surface area contributed by atoms with E-state index in [4.69, 9.17) is 4.74 Å². The van der Waals surface area contributed by atoms with Crippen LogP contribution in [0.1, 0.15) is 48.2 Å². The number of aryl methyl sites for hydroxylation is 4. The van der Waals surface area contributed by atoms with Crippen molar-refractivity contribution in [3.05, 3.63) is 40.7 Å². The van der Waals surface area contributed by atoms with Crippen molar-refractivity contribution in [2.75, 3.05) is 19.7 Å². The third kappa shape index (κ3) is 5.65. The Labute approximate surface area is 184 Å². The van der Waals surface area contributed by atoms with Crippen molar-refractivity contribution in [2.24, 2.45) is 0 Å². The van der Waals surface area contributed by atoms with Gasteiger partial charge in [0, 0.05) is 25.6 Å². The number of aromatic amines is 1. The fourth-order valence-electron chi connectivity index (χ4n) is 4.04. The van der Waals surface area contributed by atoms with Gasteiger partial charge < -0.3 is 9.64 Å². The van der Waals surface area contributed by atoms with Crippen LogP contribution in [0.2, 0.25) is 0 Å². The van der Waals surface area contributed by atoms with E-state index < -0.39 is 10.0 Å². The Morgan fingerprint density at radius 1 is 1.19 bits per heavy atom. The Morgan fingerprint density at radius 2 is 1.84 bits per heavy atom. The molecule has 0 radical (unpaired) electrons. The van der Waals surface area contributed by atoms with Crippen molar-refractivity contribution in [2.45, 2.75) is 64.3 Å². The van der Waals surface area contributed by atoms with Crippen LogP contribution in [0.15, 0.2) is 23.1 Å². The van der Waals surface area contributed by atoms with Crippen LogP contribution in [-0.4, -0.2) is 55.2 Å². The summed E-state index contributed by atoms with van der Waals surface area (Å²) in [6.45, 7) is 8.99. The van der Waals surface area contributed by atoms with Crippen LogP contribution in [-0.2, 0) is 14.8 Å². The Kier molecular flexibility index (Phi) is 7.38. The largest absolute Gasteiger partial charge is 0.493 e. The number of carbonyl (C=O) groups excluding carboxylic acids is 1. The second-order valence-electron chi connectivity index (χ2n) is 8.21. The van der Waals surface area contributed by atoms with Gasteiger partial charge in [0.2, 0.25) is 15.9 Å². The van der Waals surface area contributed by atoms with Crippen LogP contribution in [0.3, 0.4) is 0 Å². The summed E-state index contributed by atoms with van der Waals surface area (Å²) in [6, 6.07) is 5.85. The summed E-state index contributed by atoms with van der Waals surface area (Å²) in [4.78, 5) is 14.6. The van der Waals surface area contributed by atoms with Gasteiger partial charge in [-0.2, -0.15) is 5.10 Å². The number of amides is 1. The standard InChI is InChI=1S/C22H32N4O4S/c1-15-7-5-8-16(2)21(15)30-14-6-9-20(27)26-12-10-19(11-13-26)25-31(28,29)22-17(3)23-24-18(22)4/h5,7-8,19,25H,6,9-14H2,1-4H3,(H,23,24). The van der Waals surface area contributed by atoms with E-state index in [9.17, 15) is 13.2 Å². The number of nitrogens with zero attached hydrogens (tertiary/aromatic N) is 2. The summed E-state index contributed by atoms with van der Waals surface area (Å²) in [7, 11) is -3.63. The summed E-state index contributed by atoms with van der Waals surface area (Å²) in [5.74, 6) is 0.985.